The van der Waals surface area contributed by atoms with Gasteiger partial charge in [0.25, 0.3) is 0 Å². The molecule has 0 heterocycles. The van der Waals surface area contributed by atoms with E-state index in [0.29, 0.717) is 0 Å². The molecule has 0 bridgehead atoms. The summed E-state index contributed by atoms with van der Waals surface area (Å²) < 4.78 is 23.8. The first kappa shape index (κ1) is 13.3. The highest BCUT2D eigenvalue weighted by Gasteiger charge is 2.03. The lowest BCUT2D eigenvalue weighted by Gasteiger charge is -1.98. The average Bonchev–Trinajstić information content (AvgIpc) is 1.84. The molecule has 1 N–H and O–H groups in total. The maximum atomic E-state index is 10.8. The van der Waals surface area contributed by atoms with Crippen LogP contribution in [0, 0.1) is 0 Å². The van der Waals surface area contributed by atoms with Gasteiger partial charge < -0.3 is 0 Å². The fourth-order valence-corrected chi connectivity index (χ4v) is 1.20. The van der Waals surface area contributed by atoms with E-state index >= 15 is 0 Å². The molecule has 5 heteroatoms. The molecule has 0 saturated heterocycles. The van der Waals surface area contributed by atoms with E-state index in [4.69, 9.17) is 0 Å². The Balaban J connectivity index is 0. The van der Waals surface area contributed by atoms with Crippen molar-refractivity contribution in [3.8, 4) is 0 Å². The zero-order valence-electron chi connectivity index (χ0n) is 6.21. The predicted octanol–water partition coefficient (Wildman–Crippen LogP) is 0.391. The summed E-state index contributed by atoms with van der Waals surface area (Å²) in [7, 11) is -3.13. The second-order valence-corrected chi connectivity index (χ2v) is 3.56. The fraction of sp³-hybridized carbons (Fsp3) is 0.333. The van der Waals surface area contributed by atoms with Gasteiger partial charge in [-0.1, -0.05) is 12.2 Å². The van der Waals surface area contributed by atoms with Crippen molar-refractivity contribution in [2.75, 3.05) is 12.3 Å². The Bertz CT molecular complexity index is 209. The number of hydrogen-bond acceptors (Lipinski definition) is 2. The largest absolute Gasteiger partial charge is 0.215 e. The Morgan fingerprint density at radius 2 is 1.82 bits per heavy atom. The Kier molecular flexibility index (Phi) is 7.82. The molecular weight excluding hydrogens is 182 g/mol. The van der Waals surface area contributed by atoms with Crippen LogP contribution in [0.5, 0.6) is 0 Å². The highest BCUT2D eigenvalue weighted by Crippen LogP contribution is 1.82. The van der Waals surface area contributed by atoms with Crippen LogP contribution in [0.1, 0.15) is 0 Å². The minimum atomic E-state index is -3.13. The summed E-state index contributed by atoms with van der Waals surface area (Å²) in [5.41, 5.74) is 0. The summed E-state index contributed by atoms with van der Waals surface area (Å²) in [6, 6.07) is 0. The number of hydrogen-bond donors (Lipinski definition) is 1. The van der Waals surface area contributed by atoms with Gasteiger partial charge in [0.05, 0.1) is 5.75 Å². The molecule has 11 heavy (non-hydrogen) atoms. The van der Waals surface area contributed by atoms with Crippen LogP contribution in [0.2, 0.25) is 0 Å². The first-order chi connectivity index (χ1) is 4.62. The first-order valence-electron chi connectivity index (χ1n) is 2.81. The summed E-state index contributed by atoms with van der Waals surface area (Å²) in [4.78, 5) is 0. The number of nitrogens with one attached hydrogen (secondary N) is 1. The van der Waals surface area contributed by atoms with Crippen molar-refractivity contribution in [2.24, 2.45) is 0 Å². The SMILES string of the molecule is C=CCNS(=O)(=O)CC=C.S. The van der Waals surface area contributed by atoms with E-state index in [9.17, 15) is 8.42 Å². The van der Waals surface area contributed by atoms with Gasteiger partial charge in [-0.2, -0.15) is 13.5 Å². The summed E-state index contributed by atoms with van der Waals surface area (Å²) in [6.45, 7) is 6.95. The van der Waals surface area contributed by atoms with E-state index in [2.05, 4.69) is 17.9 Å². The van der Waals surface area contributed by atoms with Crippen molar-refractivity contribution in [3.63, 3.8) is 0 Å². The summed E-state index contributed by atoms with van der Waals surface area (Å²) in [6.07, 6.45) is 2.83. The molecule has 0 unspecified atom stereocenters. The molecule has 0 radical (unpaired) electrons. The van der Waals surface area contributed by atoms with Crippen LogP contribution in [-0.4, -0.2) is 20.7 Å². The Morgan fingerprint density at radius 3 is 2.18 bits per heavy atom. The maximum Gasteiger partial charge on any atom is 0.215 e. The third kappa shape index (κ3) is 7.64. The normalized spacial score (nSPS) is 9.82. The van der Waals surface area contributed by atoms with Gasteiger partial charge in [0.2, 0.25) is 10.0 Å². The lowest BCUT2D eigenvalue weighted by atomic mass is 10.7. The van der Waals surface area contributed by atoms with Gasteiger partial charge in [0.1, 0.15) is 0 Å². The average molecular weight is 195 g/mol. The molecule has 0 spiro atoms. The third-order valence-corrected chi connectivity index (χ3v) is 2.07. The second kappa shape index (κ2) is 6.45. The Hall–Kier alpha value is -0.260. The van der Waals surface area contributed by atoms with E-state index in [1.54, 1.807) is 0 Å². The topological polar surface area (TPSA) is 46.2 Å². The smallest absolute Gasteiger partial charge is 0.212 e. The number of rotatable bonds is 5. The van der Waals surface area contributed by atoms with Crippen LogP contribution in [0.3, 0.4) is 0 Å². The third-order valence-electron chi connectivity index (χ3n) is 0.785. The lowest BCUT2D eigenvalue weighted by Crippen LogP contribution is -2.25. The van der Waals surface area contributed by atoms with Gasteiger partial charge in [-0.05, 0) is 0 Å². The van der Waals surface area contributed by atoms with Crippen molar-refractivity contribution in [1.82, 2.24) is 4.72 Å². The van der Waals surface area contributed by atoms with Gasteiger partial charge in [-0.15, -0.1) is 13.2 Å². The van der Waals surface area contributed by atoms with E-state index < -0.39 is 10.0 Å². The molecule has 0 aromatic heterocycles. The quantitative estimate of drug-likeness (QED) is 0.645. The van der Waals surface area contributed by atoms with Crippen molar-refractivity contribution in [2.45, 2.75) is 0 Å². The van der Waals surface area contributed by atoms with Gasteiger partial charge in [0, 0.05) is 6.54 Å². The molecule has 0 aliphatic rings. The Labute approximate surface area is 74.7 Å². The summed E-state index contributed by atoms with van der Waals surface area (Å²) in [5, 5.41) is 0. The zero-order valence-corrected chi connectivity index (χ0v) is 8.02. The van der Waals surface area contributed by atoms with Crippen LogP contribution in [0.15, 0.2) is 25.3 Å². The van der Waals surface area contributed by atoms with Crippen LogP contribution in [-0.2, 0) is 10.0 Å². The fourth-order valence-electron chi connectivity index (χ4n) is 0.400. The van der Waals surface area contributed by atoms with Crippen LogP contribution in [0.4, 0.5) is 0 Å². The van der Waals surface area contributed by atoms with E-state index in [1.165, 1.54) is 12.2 Å². The molecule has 0 aliphatic heterocycles. The molecule has 66 valence electrons. The van der Waals surface area contributed by atoms with Crippen molar-refractivity contribution >= 4 is 23.5 Å². The minimum Gasteiger partial charge on any atom is -0.212 e. The molecule has 0 aromatic rings. The maximum absolute atomic E-state index is 10.8. The number of sulfonamides is 1. The van der Waals surface area contributed by atoms with Crippen LogP contribution >= 0.6 is 13.5 Å². The molecule has 0 aromatic carbocycles. The highest BCUT2D eigenvalue weighted by atomic mass is 32.2. The van der Waals surface area contributed by atoms with Gasteiger partial charge in [-0.3, -0.25) is 0 Å². The van der Waals surface area contributed by atoms with Crippen molar-refractivity contribution in [3.05, 3.63) is 25.3 Å². The van der Waals surface area contributed by atoms with Crippen molar-refractivity contribution < 1.29 is 8.42 Å². The zero-order chi connectivity index (χ0) is 8.04. The standard InChI is InChI=1S/C6H11NO2S.H2S/c1-3-5-7-10(8,9)6-4-2;/h3-4,7H,1-2,5-6H2;1H2. The van der Waals surface area contributed by atoms with Gasteiger partial charge in [0.15, 0.2) is 0 Å². The van der Waals surface area contributed by atoms with E-state index in [1.807, 2.05) is 0 Å². The van der Waals surface area contributed by atoms with Crippen LogP contribution < -0.4 is 4.72 Å². The molecule has 0 atom stereocenters. The molecular formula is C6H13NO2S2. The molecule has 3 nitrogen and oxygen atoms in total. The van der Waals surface area contributed by atoms with Crippen molar-refractivity contribution in [1.29, 1.82) is 0 Å². The van der Waals surface area contributed by atoms with Gasteiger partial charge in [-0.25, -0.2) is 13.1 Å². The van der Waals surface area contributed by atoms with Gasteiger partial charge >= 0.3 is 0 Å². The predicted molar refractivity (Wildman–Crippen MR) is 52.6 cm³/mol. The lowest BCUT2D eigenvalue weighted by molar-refractivity contribution is 0.589. The highest BCUT2D eigenvalue weighted by molar-refractivity contribution is 7.89. The second-order valence-electron chi connectivity index (χ2n) is 1.71. The molecule has 0 saturated carbocycles. The molecule has 0 amide bonds. The monoisotopic (exact) mass is 195 g/mol. The summed E-state index contributed by atoms with van der Waals surface area (Å²) in [5.74, 6) is -0.0408. The Morgan fingerprint density at radius 1 is 1.27 bits per heavy atom. The summed E-state index contributed by atoms with van der Waals surface area (Å²) >= 11 is 0. The van der Waals surface area contributed by atoms with E-state index in [0.717, 1.165) is 0 Å². The van der Waals surface area contributed by atoms with Crippen LogP contribution in [0.25, 0.3) is 0 Å². The molecule has 0 rings (SSSR count). The minimum absolute atomic E-state index is 0. The first-order valence-corrected chi connectivity index (χ1v) is 4.46. The molecule has 0 aliphatic carbocycles. The van der Waals surface area contributed by atoms with E-state index in [-0.39, 0.29) is 25.8 Å². The molecule has 0 fully saturated rings.